The molecular weight excluding hydrogens is 382 g/mol. The van der Waals surface area contributed by atoms with Crippen LogP contribution in [0.5, 0.6) is 0 Å². The Morgan fingerprint density at radius 1 is 1.38 bits per heavy atom. The summed E-state index contributed by atoms with van der Waals surface area (Å²) in [7, 11) is -3.86. The summed E-state index contributed by atoms with van der Waals surface area (Å²) in [5, 5.41) is 9.39. The molecule has 0 saturated carbocycles. The van der Waals surface area contributed by atoms with Crippen LogP contribution in [0.1, 0.15) is 26.7 Å². The Labute approximate surface area is 137 Å². The molecule has 0 aliphatic carbocycles. The number of hydrogen-bond donors (Lipinski definition) is 2. The fourth-order valence-corrected chi connectivity index (χ4v) is 4.04. The Kier molecular flexibility index (Phi) is 6.22. The van der Waals surface area contributed by atoms with Crippen molar-refractivity contribution < 1.29 is 18.3 Å². The smallest absolute Gasteiger partial charge is 0.310 e. The van der Waals surface area contributed by atoms with Crippen LogP contribution in [0.4, 0.5) is 0 Å². The fraction of sp³-hybridized carbons (Fsp3) is 0.462. The molecule has 0 saturated heterocycles. The average Bonchev–Trinajstić information content (AvgIpc) is 2.39. The highest BCUT2D eigenvalue weighted by Crippen LogP contribution is 2.28. The van der Waals surface area contributed by atoms with Crippen molar-refractivity contribution in [2.75, 3.05) is 6.54 Å². The van der Waals surface area contributed by atoms with E-state index in [-0.39, 0.29) is 16.5 Å². The van der Waals surface area contributed by atoms with Gasteiger partial charge >= 0.3 is 5.97 Å². The zero-order chi connectivity index (χ0) is 16.3. The first-order valence-corrected chi connectivity index (χ1v) is 9.02. The molecular formula is C13H17BrClNO4S. The van der Waals surface area contributed by atoms with Gasteiger partial charge in [-0.15, -0.1) is 0 Å². The van der Waals surface area contributed by atoms with E-state index in [0.29, 0.717) is 17.3 Å². The first-order valence-electron chi connectivity index (χ1n) is 6.36. The molecule has 0 atom stereocenters. The normalized spacial score (nSPS) is 12.4. The lowest BCUT2D eigenvalue weighted by atomic mass is 9.83. The van der Waals surface area contributed by atoms with Crippen molar-refractivity contribution >= 4 is 43.5 Å². The number of hydrogen-bond acceptors (Lipinski definition) is 3. The number of aliphatic carboxylic acids is 1. The summed E-state index contributed by atoms with van der Waals surface area (Å²) in [5.41, 5.74) is -1.12. The van der Waals surface area contributed by atoms with Crippen molar-refractivity contribution in [1.29, 1.82) is 0 Å². The Morgan fingerprint density at radius 2 is 1.95 bits per heavy atom. The maximum atomic E-state index is 12.3. The van der Waals surface area contributed by atoms with Crippen molar-refractivity contribution in [2.24, 2.45) is 5.41 Å². The highest BCUT2D eigenvalue weighted by atomic mass is 79.9. The van der Waals surface area contributed by atoms with Gasteiger partial charge in [-0.25, -0.2) is 13.1 Å². The quantitative estimate of drug-likeness (QED) is 0.738. The van der Waals surface area contributed by atoms with Gasteiger partial charge in [0.15, 0.2) is 0 Å². The molecule has 5 nitrogen and oxygen atoms in total. The minimum Gasteiger partial charge on any atom is -0.481 e. The van der Waals surface area contributed by atoms with Gasteiger partial charge in [0, 0.05) is 11.0 Å². The molecule has 0 aliphatic rings. The molecule has 8 heteroatoms. The molecule has 0 unspecified atom stereocenters. The molecule has 1 aromatic carbocycles. The number of halogens is 2. The summed E-state index contributed by atoms with van der Waals surface area (Å²) >= 11 is 9.13. The van der Waals surface area contributed by atoms with Gasteiger partial charge in [0.25, 0.3) is 0 Å². The van der Waals surface area contributed by atoms with Crippen LogP contribution in [-0.2, 0) is 14.8 Å². The molecule has 21 heavy (non-hydrogen) atoms. The van der Waals surface area contributed by atoms with Crippen LogP contribution in [0.2, 0.25) is 5.02 Å². The van der Waals surface area contributed by atoms with Gasteiger partial charge in [0.05, 0.1) is 10.4 Å². The van der Waals surface area contributed by atoms with Gasteiger partial charge in [0.1, 0.15) is 4.90 Å². The highest BCUT2D eigenvalue weighted by molar-refractivity contribution is 9.10. The third kappa shape index (κ3) is 4.18. The van der Waals surface area contributed by atoms with Gasteiger partial charge in [0.2, 0.25) is 10.0 Å². The van der Waals surface area contributed by atoms with Gasteiger partial charge in [-0.2, -0.15) is 0 Å². The van der Waals surface area contributed by atoms with E-state index in [2.05, 4.69) is 20.7 Å². The van der Waals surface area contributed by atoms with E-state index >= 15 is 0 Å². The summed E-state index contributed by atoms with van der Waals surface area (Å²) in [4.78, 5) is 11.3. The standard InChI is InChI=1S/C13H17BrClNO4S/c1-3-13(4-2,12(17)18)8-16-21(19,20)11-6-5-9(14)7-10(11)15/h5-7,16H,3-4,8H2,1-2H3,(H,17,18). The molecule has 0 bridgehead atoms. The van der Waals surface area contributed by atoms with E-state index in [1.807, 2.05) is 0 Å². The number of sulfonamides is 1. The molecule has 2 N–H and O–H groups in total. The molecule has 0 spiro atoms. The molecule has 0 amide bonds. The lowest BCUT2D eigenvalue weighted by Gasteiger charge is -2.26. The van der Waals surface area contributed by atoms with Crippen LogP contribution in [0.25, 0.3) is 0 Å². The predicted octanol–water partition coefficient (Wildman–Crippen LogP) is 3.27. The van der Waals surface area contributed by atoms with Gasteiger partial charge < -0.3 is 5.11 Å². The zero-order valence-electron chi connectivity index (χ0n) is 11.7. The molecule has 0 radical (unpaired) electrons. The van der Waals surface area contributed by atoms with Crippen molar-refractivity contribution in [1.82, 2.24) is 4.72 Å². The minimum atomic E-state index is -3.86. The van der Waals surface area contributed by atoms with Crippen molar-refractivity contribution in [2.45, 2.75) is 31.6 Å². The van der Waals surface area contributed by atoms with Crippen LogP contribution < -0.4 is 4.72 Å². The second-order valence-corrected chi connectivity index (χ2v) is 7.75. The van der Waals surface area contributed by atoms with E-state index in [4.69, 9.17) is 11.6 Å². The maximum Gasteiger partial charge on any atom is 0.310 e. The zero-order valence-corrected chi connectivity index (χ0v) is 14.8. The molecule has 1 rings (SSSR count). The van der Waals surface area contributed by atoms with Crippen LogP contribution in [0.15, 0.2) is 27.6 Å². The predicted molar refractivity (Wildman–Crippen MR) is 85.0 cm³/mol. The lowest BCUT2D eigenvalue weighted by molar-refractivity contribution is -0.149. The molecule has 118 valence electrons. The van der Waals surface area contributed by atoms with Crippen LogP contribution in [0.3, 0.4) is 0 Å². The molecule has 1 aromatic rings. The Balaban J connectivity index is 3.03. The second-order valence-electron chi connectivity index (χ2n) is 4.69. The SMILES string of the molecule is CCC(CC)(CNS(=O)(=O)c1ccc(Br)cc1Cl)C(=O)O. The van der Waals surface area contributed by atoms with Crippen LogP contribution >= 0.6 is 27.5 Å². The number of carboxylic acids is 1. The second kappa shape index (κ2) is 7.09. The van der Waals surface area contributed by atoms with Crippen LogP contribution in [0, 0.1) is 5.41 Å². The lowest BCUT2D eigenvalue weighted by Crippen LogP contribution is -2.42. The van der Waals surface area contributed by atoms with E-state index < -0.39 is 21.4 Å². The van der Waals surface area contributed by atoms with Crippen molar-refractivity contribution in [3.8, 4) is 0 Å². The van der Waals surface area contributed by atoms with Gasteiger partial charge in [-0.3, -0.25) is 4.79 Å². The summed E-state index contributed by atoms with van der Waals surface area (Å²) in [6, 6.07) is 4.40. The largest absolute Gasteiger partial charge is 0.481 e. The summed E-state index contributed by atoms with van der Waals surface area (Å²) in [6.45, 7) is 3.26. The summed E-state index contributed by atoms with van der Waals surface area (Å²) in [5.74, 6) is -1.02. The van der Waals surface area contributed by atoms with Crippen molar-refractivity contribution in [3.05, 3.63) is 27.7 Å². The fourth-order valence-electron chi connectivity index (χ4n) is 1.88. The monoisotopic (exact) mass is 397 g/mol. The first-order chi connectivity index (χ1) is 9.68. The topological polar surface area (TPSA) is 83.5 Å². The third-order valence-electron chi connectivity index (χ3n) is 3.59. The van der Waals surface area contributed by atoms with E-state index in [1.165, 1.54) is 12.1 Å². The first kappa shape index (κ1) is 18.4. The van der Waals surface area contributed by atoms with Crippen LogP contribution in [-0.4, -0.2) is 26.0 Å². The summed E-state index contributed by atoms with van der Waals surface area (Å²) < 4.78 is 27.5. The molecule has 0 heterocycles. The van der Waals surface area contributed by atoms with Gasteiger partial charge in [-0.1, -0.05) is 41.4 Å². The maximum absolute atomic E-state index is 12.3. The van der Waals surface area contributed by atoms with Crippen molar-refractivity contribution in [3.63, 3.8) is 0 Å². The third-order valence-corrected chi connectivity index (χ3v) is 5.97. The molecule has 0 fully saturated rings. The van der Waals surface area contributed by atoms with Gasteiger partial charge in [-0.05, 0) is 31.0 Å². The highest BCUT2D eigenvalue weighted by Gasteiger charge is 2.36. The average molecular weight is 399 g/mol. The number of benzene rings is 1. The molecule has 0 aliphatic heterocycles. The number of carboxylic acid groups (broad SMARTS) is 1. The summed E-state index contributed by atoms with van der Waals surface area (Å²) in [6.07, 6.45) is 0.658. The Bertz CT molecular complexity index is 629. The Hall–Kier alpha value is -0.630. The number of nitrogens with one attached hydrogen (secondary N) is 1. The van der Waals surface area contributed by atoms with E-state index in [9.17, 15) is 18.3 Å². The Morgan fingerprint density at radius 3 is 2.38 bits per heavy atom. The number of carbonyl (C=O) groups is 1. The van der Waals surface area contributed by atoms with E-state index in [0.717, 1.165) is 0 Å². The minimum absolute atomic E-state index is 0.0705. The molecule has 0 aromatic heterocycles. The van der Waals surface area contributed by atoms with E-state index in [1.54, 1.807) is 19.9 Å². The number of rotatable bonds is 7.